The minimum absolute atomic E-state index is 0.0131. The van der Waals surface area contributed by atoms with E-state index in [4.69, 9.17) is 0 Å². The van der Waals surface area contributed by atoms with Crippen molar-refractivity contribution in [3.8, 4) is 0 Å². The largest absolute Gasteiger partial charge is 0.469 e. The number of esters is 1. The van der Waals surface area contributed by atoms with Gasteiger partial charge >= 0.3 is 5.97 Å². The molecule has 5 nitrogen and oxygen atoms in total. The van der Waals surface area contributed by atoms with Crippen molar-refractivity contribution in [2.24, 2.45) is 0 Å². The van der Waals surface area contributed by atoms with Gasteiger partial charge in [0.25, 0.3) is 5.56 Å². The molecule has 1 aliphatic carbocycles. The van der Waals surface area contributed by atoms with E-state index >= 15 is 0 Å². The maximum atomic E-state index is 11.9. The number of ether oxygens (including phenoxy) is 1. The number of carbonyl (C=O) groups excluding carboxylic acids is 1. The second kappa shape index (κ2) is 4.50. The average Bonchev–Trinajstić information content (AvgIpc) is 3.23. The Balaban J connectivity index is 2.13. The first-order valence-electron chi connectivity index (χ1n) is 6.26. The number of nitrogens with one attached hydrogen (secondary N) is 1. The van der Waals surface area contributed by atoms with Crippen molar-refractivity contribution in [1.82, 2.24) is 9.97 Å². The molecule has 1 fully saturated rings. The number of nitrogens with zero attached hydrogens (tertiary/aromatic N) is 1. The number of H-pyrrole nitrogens is 1. The first kappa shape index (κ1) is 11.9. The SMILES string of the molecule is COC(=O)Cc1cc2c(C3CC3)nccc2[nH]c1=O. The van der Waals surface area contributed by atoms with Crippen LogP contribution in [0.2, 0.25) is 0 Å². The molecule has 2 aromatic heterocycles. The summed E-state index contributed by atoms with van der Waals surface area (Å²) in [6.07, 6.45) is 3.97. The molecule has 0 spiro atoms. The topological polar surface area (TPSA) is 72.0 Å². The highest BCUT2D eigenvalue weighted by atomic mass is 16.5. The van der Waals surface area contributed by atoms with Crippen LogP contribution in [0.1, 0.15) is 30.0 Å². The lowest BCUT2D eigenvalue weighted by Gasteiger charge is -2.06. The predicted octanol–water partition coefficient (Wildman–Crippen LogP) is 1.52. The number of pyridine rings is 2. The molecule has 1 saturated carbocycles. The molecule has 2 heterocycles. The molecule has 19 heavy (non-hydrogen) atoms. The number of fused-ring (bicyclic) bond motifs is 1. The van der Waals surface area contributed by atoms with Gasteiger partial charge in [0.05, 0.1) is 24.7 Å². The van der Waals surface area contributed by atoms with Crippen molar-refractivity contribution in [3.63, 3.8) is 0 Å². The first-order chi connectivity index (χ1) is 9.19. The second-order valence-electron chi connectivity index (χ2n) is 4.81. The van der Waals surface area contributed by atoms with Gasteiger partial charge in [-0.25, -0.2) is 0 Å². The number of methoxy groups -OCH3 is 1. The monoisotopic (exact) mass is 258 g/mol. The van der Waals surface area contributed by atoms with Crippen LogP contribution < -0.4 is 5.56 Å². The third-order valence-electron chi connectivity index (χ3n) is 3.41. The minimum atomic E-state index is -0.415. The van der Waals surface area contributed by atoms with Gasteiger partial charge in [-0.15, -0.1) is 0 Å². The molecule has 0 aliphatic heterocycles. The van der Waals surface area contributed by atoms with Crippen molar-refractivity contribution >= 4 is 16.9 Å². The van der Waals surface area contributed by atoms with E-state index in [1.807, 2.05) is 0 Å². The van der Waals surface area contributed by atoms with Crippen molar-refractivity contribution in [2.45, 2.75) is 25.2 Å². The third-order valence-corrected chi connectivity index (χ3v) is 3.41. The molecule has 0 radical (unpaired) electrons. The number of aromatic amines is 1. The maximum absolute atomic E-state index is 11.9. The molecule has 0 atom stereocenters. The Kier molecular flexibility index (Phi) is 2.81. The van der Waals surface area contributed by atoms with Crippen LogP contribution in [0, 0.1) is 0 Å². The highest BCUT2D eigenvalue weighted by Crippen LogP contribution is 2.41. The Morgan fingerprint density at radius 1 is 1.53 bits per heavy atom. The fourth-order valence-corrected chi connectivity index (χ4v) is 2.23. The number of hydrogen-bond donors (Lipinski definition) is 1. The van der Waals surface area contributed by atoms with E-state index < -0.39 is 5.97 Å². The van der Waals surface area contributed by atoms with Crippen LogP contribution in [-0.4, -0.2) is 23.0 Å². The highest BCUT2D eigenvalue weighted by molar-refractivity contribution is 5.83. The smallest absolute Gasteiger partial charge is 0.310 e. The summed E-state index contributed by atoms with van der Waals surface area (Å²) in [5.74, 6) is 0.0716. The Morgan fingerprint density at radius 2 is 2.32 bits per heavy atom. The van der Waals surface area contributed by atoms with E-state index in [-0.39, 0.29) is 12.0 Å². The molecule has 0 amide bonds. The van der Waals surface area contributed by atoms with Gasteiger partial charge in [0.1, 0.15) is 0 Å². The molecule has 3 rings (SSSR count). The fraction of sp³-hybridized carbons (Fsp3) is 0.357. The maximum Gasteiger partial charge on any atom is 0.310 e. The van der Waals surface area contributed by atoms with Crippen LogP contribution in [-0.2, 0) is 16.0 Å². The Hall–Kier alpha value is -2.17. The van der Waals surface area contributed by atoms with E-state index in [0.29, 0.717) is 11.5 Å². The predicted molar refractivity (Wildman–Crippen MR) is 70.1 cm³/mol. The van der Waals surface area contributed by atoms with E-state index in [1.54, 1.807) is 18.3 Å². The van der Waals surface area contributed by atoms with Crippen molar-refractivity contribution < 1.29 is 9.53 Å². The van der Waals surface area contributed by atoms with Gasteiger partial charge in [0, 0.05) is 23.1 Å². The van der Waals surface area contributed by atoms with Gasteiger partial charge in [0.2, 0.25) is 0 Å². The standard InChI is InChI=1S/C14H14N2O3/c1-19-12(17)7-9-6-10-11(16-14(9)18)4-5-15-13(10)8-2-3-8/h4-6,8H,2-3,7H2,1H3,(H,16,18). The van der Waals surface area contributed by atoms with E-state index in [0.717, 1.165) is 29.4 Å². The molecule has 98 valence electrons. The van der Waals surface area contributed by atoms with Crippen molar-refractivity contribution in [3.05, 3.63) is 39.9 Å². The summed E-state index contributed by atoms with van der Waals surface area (Å²) >= 11 is 0. The molecular formula is C14H14N2O3. The third kappa shape index (κ3) is 2.23. The van der Waals surface area contributed by atoms with Gasteiger partial charge < -0.3 is 9.72 Å². The number of aromatic nitrogens is 2. The number of hydrogen-bond acceptors (Lipinski definition) is 4. The van der Waals surface area contributed by atoms with E-state index in [1.165, 1.54) is 7.11 Å². The summed E-state index contributed by atoms with van der Waals surface area (Å²) in [5, 5.41) is 0.934. The number of carbonyl (C=O) groups is 1. The zero-order valence-corrected chi connectivity index (χ0v) is 10.6. The van der Waals surface area contributed by atoms with Gasteiger partial charge in [-0.1, -0.05) is 0 Å². The van der Waals surface area contributed by atoms with Crippen molar-refractivity contribution in [1.29, 1.82) is 0 Å². The molecule has 0 aromatic carbocycles. The number of rotatable bonds is 3. The molecule has 0 bridgehead atoms. The Bertz CT molecular complexity index is 701. The van der Waals surface area contributed by atoms with Crippen LogP contribution in [0.3, 0.4) is 0 Å². The van der Waals surface area contributed by atoms with Crippen LogP contribution in [0.15, 0.2) is 23.1 Å². The van der Waals surface area contributed by atoms with Crippen LogP contribution in [0.5, 0.6) is 0 Å². The first-order valence-corrected chi connectivity index (χ1v) is 6.26. The van der Waals surface area contributed by atoms with Crippen LogP contribution in [0.4, 0.5) is 0 Å². The summed E-state index contributed by atoms with van der Waals surface area (Å²) in [6.45, 7) is 0. The average molecular weight is 258 g/mol. The quantitative estimate of drug-likeness (QED) is 0.847. The lowest BCUT2D eigenvalue weighted by molar-refractivity contribution is -0.139. The molecular weight excluding hydrogens is 244 g/mol. The Labute approximate surface area is 109 Å². The van der Waals surface area contributed by atoms with Crippen LogP contribution >= 0.6 is 0 Å². The molecule has 1 aliphatic rings. The Morgan fingerprint density at radius 3 is 3.00 bits per heavy atom. The summed E-state index contributed by atoms with van der Waals surface area (Å²) in [6, 6.07) is 3.55. The van der Waals surface area contributed by atoms with Gasteiger partial charge in [-0.3, -0.25) is 14.6 Å². The highest BCUT2D eigenvalue weighted by Gasteiger charge is 2.27. The molecule has 0 saturated heterocycles. The summed E-state index contributed by atoms with van der Waals surface area (Å²) in [7, 11) is 1.31. The van der Waals surface area contributed by atoms with E-state index in [9.17, 15) is 9.59 Å². The minimum Gasteiger partial charge on any atom is -0.469 e. The zero-order valence-electron chi connectivity index (χ0n) is 10.6. The van der Waals surface area contributed by atoms with E-state index in [2.05, 4.69) is 14.7 Å². The summed E-state index contributed by atoms with van der Waals surface area (Å²) in [5.41, 5.74) is 1.97. The van der Waals surface area contributed by atoms with Crippen LogP contribution in [0.25, 0.3) is 10.9 Å². The zero-order chi connectivity index (χ0) is 13.4. The second-order valence-corrected chi connectivity index (χ2v) is 4.81. The summed E-state index contributed by atoms with van der Waals surface area (Å²) < 4.78 is 4.60. The fourth-order valence-electron chi connectivity index (χ4n) is 2.23. The van der Waals surface area contributed by atoms with Crippen molar-refractivity contribution in [2.75, 3.05) is 7.11 Å². The van der Waals surface area contributed by atoms with Gasteiger partial charge in [-0.05, 0) is 25.0 Å². The molecule has 1 N–H and O–H groups in total. The molecule has 2 aromatic rings. The summed E-state index contributed by atoms with van der Waals surface area (Å²) in [4.78, 5) is 30.4. The molecule has 5 heteroatoms. The normalized spacial score (nSPS) is 14.6. The lowest BCUT2D eigenvalue weighted by Crippen LogP contribution is -2.17. The van der Waals surface area contributed by atoms with Gasteiger partial charge in [0.15, 0.2) is 0 Å². The molecule has 0 unspecified atom stereocenters. The van der Waals surface area contributed by atoms with Gasteiger partial charge in [-0.2, -0.15) is 0 Å². The lowest BCUT2D eigenvalue weighted by atomic mass is 10.1.